The lowest BCUT2D eigenvalue weighted by Crippen LogP contribution is -2.16. The lowest BCUT2D eigenvalue weighted by atomic mass is 10.1. The van der Waals surface area contributed by atoms with Crippen LogP contribution in [-0.2, 0) is 0 Å². The molecule has 3 rings (SSSR count). The summed E-state index contributed by atoms with van der Waals surface area (Å²) in [6.07, 6.45) is 4.72. The monoisotopic (exact) mass is 263 g/mol. The van der Waals surface area contributed by atoms with Crippen LogP contribution < -0.4 is 5.56 Å². The van der Waals surface area contributed by atoms with E-state index in [2.05, 4.69) is 15.1 Å². The van der Waals surface area contributed by atoms with Crippen LogP contribution in [0.1, 0.15) is 5.69 Å². The summed E-state index contributed by atoms with van der Waals surface area (Å²) in [5.41, 5.74) is 1.23. The van der Waals surface area contributed by atoms with Crippen LogP contribution in [-0.4, -0.2) is 19.7 Å². The maximum absolute atomic E-state index is 12.3. The molecule has 0 bridgehead atoms. The minimum Gasteiger partial charge on any atom is -0.296 e. The van der Waals surface area contributed by atoms with Crippen molar-refractivity contribution in [1.29, 1.82) is 5.26 Å². The number of aromatic nitrogens is 4. The third kappa shape index (κ3) is 1.97. The maximum atomic E-state index is 12.3. The molecule has 3 aromatic rings. The zero-order chi connectivity index (χ0) is 13.9. The largest absolute Gasteiger partial charge is 0.296 e. The van der Waals surface area contributed by atoms with Crippen molar-refractivity contribution in [3.8, 4) is 23.0 Å². The minimum absolute atomic E-state index is 0.213. The molecule has 0 aliphatic heterocycles. The summed E-state index contributed by atoms with van der Waals surface area (Å²) in [6.45, 7) is 0. The zero-order valence-corrected chi connectivity index (χ0v) is 10.3. The fraction of sp³-hybridized carbons (Fsp3) is 0. The number of hydrogen-bond donors (Lipinski definition) is 1. The predicted molar refractivity (Wildman–Crippen MR) is 72.1 cm³/mol. The van der Waals surface area contributed by atoms with Gasteiger partial charge >= 0.3 is 0 Å². The van der Waals surface area contributed by atoms with E-state index in [-0.39, 0.29) is 5.56 Å². The molecule has 6 nitrogen and oxygen atoms in total. The molecule has 0 radical (unpaired) electrons. The molecule has 96 valence electrons. The molecule has 3 heterocycles. The summed E-state index contributed by atoms with van der Waals surface area (Å²) in [5.74, 6) is 0.519. The van der Waals surface area contributed by atoms with Crippen molar-refractivity contribution in [2.75, 3.05) is 0 Å². The first kappa shape index (κ1) is 11.9. The third-order valence-corrected chi connectivity index (χ3v) is 2.84. The molecule has 20 heavy (non-hydrogen) atoms. The van der Waals surface area contributed by atoms with E-state index in [0.29, 0.717) is 22.6 Å². The molecule has 0 aliphatic carbocycles. The lowest BCUT2D eigenvalue weighted by Gasteiger charge is -1.98. The Morgan fingerprint density at radius 3 is 2.75 bits per heavy atom. The van der Waals surface area contributed by atoms with E-state index in [1.165, 1.54) is 10.9 Å². The van der Waals surface area contributed by atoms with E-state index in [1.54, 1.807) is 42.7 Å². The molecule has 6 heteroatoms. The first-order chi connectivity index (χ1) is 9.79. The van der Waals surface area contributed by atoms with Gasteiger partial charge in [0.25, 0.3) is 5.56 Å². The summed E-state index contributed by atoms with van der Waals surface area (Å²) >= 11 is 0. The van der Waals surface area contributed by atoms with Gasteiger partial charge in [0, 0.05) is 24.2 Å². The Kier molecular flexibility index (Phi) is 2.86. The number of H-pyrrole nitrogens is 1. The van der Waals surface area contributed by atoms with Crippen LogP contribution >= 0.6 is 0 Å². The van der Waals surface area contributed by atoms with E-state index in [1.807, 2.05) is 6.07 Å². The second kappa shape index (κ2) is 4.82. The molecule has 0 unspecified atom stereocenters. The highest BCUT2D eigenvalue weighted by molar-refractivity contribution is 5.61. The maximum Gasteiger partial charge on any atom is 0.280 e. The summed E-state index contributed by atoms with van der Waals surface area (Å²) in [6, 6.07) is 10.5. The fourth-order valence-electron chi connectivity index (χ4n) is 1.85. The van der Waals surface area contributed by atoms with Crippen molar-refractivity contribution < 1.29 is 0 Å². The average molecular weight is 263 g/mol. The Morgan fingerprint density at radius 2 is 2.10 bits per heavy atom. The molecule has 1 N–H and O–H groups in total. The van der Waals surface area contributed by atoms with Gasteiger partial charge in [0.1, 0.15) is 11.8 Å². The summed E-state index contributed by atoms with van der Waals surface area (Å²) in [5, 5.41) is 11.6. The van der Waals surface area contributed by atoms with Gasteiger partial charge in [-0.05, 0) is 24.3 Å². The van der Waals surface area contributed by atoms with Gasteiger partial charge in [0.2, 0.25) is 0 Å². The number of nitrogens with zero attached hydrogens (tertiary/aromatic N) is 4. The highest BCUT2D eigenvalue weighted by Crippen LogP contribution is 2.14. The van der Waals surface area contributed by atoms with Crippen LogP contribution in [0, 0.1) is 11.3 Å². The van der Waals surface area contributed by atoms with Gasteiger partial charge in [-0.2, -0.15) is 5.26 Å². The number of nitrogens with one attached hydrogen (secondary N) is 1. The van der Waals surface area contributed by atoms with Crippen LogP contribution in [0.25, 0.3) is 16.9 Å². The first-order valence-electron chi connectivity index (χ1n) is 5.88. The van der Waals surface area contributed by atoms with Crippen LogP contribution in [0.4, 0.5) is 0 Å². The van der Waals surface area contributed by atoms with Crippen molar-refractivity contribution >= 4 is 0 Å². The van der Waals surface area contributed by atoms with Gasteiger partial charge in [0.05, 0.1) is 5.56 Å². The summed E-state index contributed by atoms with van der Waals surface area (Å²) in [7, 11) is 0. The van der Waals surface area contributed by atoms with E-state index in [0.717, 1.165) is 0 Å². The van der Waals surface area contributed by atoms with Crippen LogP contribution in [0.5, 0.6) is 0 Å². The molecule has 0 saturated heterocycles. The number of aromatic amines is 1. The second-order valence-electron chi connectivity index (χ2n) is 4.06. The molecule has 3 aromatic heterocycles. The molecule has 0 saturated carbocycles. The molecule has 0 aliphatic rings. The number of rotatable bonds is 2. The molecular weight excluding hydrogens is 254 g/mol. The predicted octanol–water partition coefficient (Wildman–Crippen LogP) is 1.49. The molecule has 0 aromatic carbocycles. The molecule has 0 amide bonds. The Hall–Kier alpha value is -3.20. The minimum atomic E-state index is -0.213. The van der Waals surface area contributed by atoms with Gasteiger partial charge in [-0.25, -0.2) is 14.6 Å². The first-order valence-corrected chi connectivity index (χ1v) is 5.88. The van der Waals surface area contributed by atoms with Crippen molar-refractivity contribution in [1.82, 2.24) is 19.7 Å². The highest BCUT2D eigenvalue weighted by Gasteiger charge is 2.10. The Bertz CT molecular complexity index is 824. The Labute approximate surface area is 114 Å². The molecule has 0 spiro atoms. The van der Waals surface area contributed by atoms with Gasteiger partial charge < -0.3 is 0 Å². The third-order valence-electron chi connectivity index (χ3n) is 2.84. The molecule has 0 atom stereocenters. The number of nitriles is 1. The van der Waals surface area contributed by atoms with Crippen LogP contribution in [0.2, 0.25) is 0 Å². The van der Waals surface area contributed by atoms with Crippen LogP contribution in [0.3, 0.4) is 0 Å². The highest BCUT2D eigenvalue weighted by atomic mass is 16.1. The van der Waals surface area contributed by atoms with Crippen molar-refractivity contribution in [2.24, 2.45) is 0 Å². The Morgan fingerprint density at radius 1 is 1.20 bits per heavy atom. The van der Waals surface area contributed by atoms with E-state index < -0.39 is 0 Å². The number of hydrogen-bond acceptors (Lipinski definition) is 4. The molecular formula is C14H9N5O. The average Bonchev–Trinajstić information content (AvgIpc) is 2.90. The fourth-order valence-corrected chi connectivity index (χ4v) is 1.85. The van der Waals surface area contributed by atoms with E-state index in [9.17, 15) is 4.79 Å². The topological polar surface area (TPSA) is 87.4 Å². The number of pyridine rings is 2. The molecule has 0 fully saturated rings. The summed E-state index contributed by atoms with van der Waals surface area (Å²) < 4.78 is 1.35. The van der Waals surface area contributed by atoms with Gasteiger partial charge in [0.15, 0.2) is 5.82 Å². The normalized spacial score (nSPS) is 10.2. The van der Waals surface area contributed by atoms with Gasteiger partial charge in [-0.15, -0.1) is 0 Å². The van der Waals surface area contributed by atoms with Crippen molar-refractivity contribution in [3.63, 3.8) is 0 Å². The van der Waals surface area contributed by atoms with Gasteiger partial charge in [-0.1, -0.05) is 6.07 Å². The van der Waals surface area contributed by atoms with Crippen molar-refractivity contribution in [2.45, 2.75) is 0 Å². The SMILES string of the molecule is N#Cc1ccc(-c2c[nH]n(-c3ccccn3)c2=O)cn1. The van der Waals surface area contributed by atoms with Crippen LogP contribution in [0.15, 0.2) is 53.7 Å². The standard InChI is InChI=1S/C14H9N5O/c15-7-11-5-4-10(8-17-11)12-9-18-19(14(12)20)13-3-1-2-6-16-13/h1-6,8-9,18H. The Balaban J connectivity index is 2.07. The lowest BCUT2D eigenvalue weighted by molar-refractivity contribution is 0.819. The van der Waals surface area contributed by atoms with Gasteiger partial charge in [-0.3, -0.25) is 9.89 Å². The quantitative estimate of drug-likeness (QED) is 0.758. The smallest absolute Gasteiger partial charge is 0.280 e. The van der Waals surface area contributed by atoms with Crippen molar-refractivity contribution in [3.05, 3.63) is 65.0 Å². The van der Waals surface area contributed by atoms with E-state index >= 15 is 0 Å². The zero-order valence-electron chi connectivity index (χ0n) is 10.3. The second-order valence-corrected chi connectivity index (χ2v) is 4.06. The summed E-state index contributed by atoms with van der Waals surface area (Å²) in [4.78, 5) is 20.4. The van der Waals surface area contributed by atoms with E-state index in [4.69, 9.17) is 5.26 Å².